The highest BCUT2D eigenvalue weighted by atomic mass is 32.2. The molecule has 1 amide bonds. The van der Waals surface area contributed by atoms with Crippen molar-refractivity contribution < 1.29 is 17.9 Å². The van der Waals surface area contributed by atoms with E-state index in [0.29, 0.717) is 39.0 Å². The Morgan fingerprint density at radius 1 is 1.25 bits per heavy atom. The second kappa shape index (κ2) is 5.18. The summed E-state index contributed by atoms with van der Waals surface area (Å²) in [6.45, 7) is 7.38. The molecular weight excluding hydrogens is 280 g/mol. The Morgan fingerprint density at radius 3 is 2.35 bits per heavy atom. The van der Waals surface area contributed by atoms with E-state index in [9.17, 15) is 13.2 Å². The molecule has 2 aliphatic rings. The number of hydrogen-bond donors (Lipinski definition) is 1. The van der Waals surface area contributed by atoms with E-state index in [0.717, 1.165) is 0 Å². The van der Waals surface area contributed by atoms with E-state index in [1.54, 1.807) is 4.90 Å². The van der Waals surface area contributed by atoms with Gasteiger partial charge in [0.25, 0.3) is 0 Å². The van der Waals surface area contributed by atoms with Crippen LogP contribution in [0.15, 0.2) is 0 Å². The number of carbonyl (C=O) groups is 1. The molecule has 0 aromatic heterocycles. The van der Waals surface area contributed by atoms with Crippen LogP contribution in [0.1, 0.15) is 33.6 Å². The van der Waals surface area contributed by atoms with Crippen LogP contribution in [0.3, 0.4) is 0 Å². The highest BCUT2D eigenvalue weighted by Gasteiger charge is 2.48. The van der Waals surface area contributed by atoms with Gasteiger partial charge < -0.3 is 15.0 Å². The minimum atomic E-state index is -3.07. The maximum Gasteiger partial charge on any atom is 0.410 e. The molecule has 2 heterocycles. The molecule has 0 aromatic carbocycles. The van der Waals surface area contributed by atoms with Gasteiger partial charge >= 0.3 is 6.09 Å². The zero-order valence-electron chi connectivity index (χ0n) is 12.4. The number of hydrogen-bond acceptors (Lipinski definition) is 5. The average Bonchev–Trinajstić information content (AvgIpc) is 2.32. The lowest BCUT2D eigenvalue weighted by Gasteiger charge is -2.43. The van der Waals surface area contributed by atoms with Crippen LogP contribution in [0.2, 0.25) is 0 Å². The molecule has 0 aliphatic carbocycles. The van der Waals surface area contributed by atoms with Gasteiger partial charge in [0.1, 0.15) is 5.60 Å². The monoisotopic (exact) mass is 304 g/mol. The quantitative estimate of drug-likeness (QED) is 0.715. The molecule has 116 valence electrons. The van der Waals surface area contributed by atoms with Crippen molar-refractivity contribution in [1.82, 2.24) is 10.2 Å². The first-order valence-corrected chi connectivity index (χ1v) is 8.71. The first kappa shape index (κ1) is 15.6. The summed E-state index contributed by atoms with van der Waals surface area (Å²) in [6, 6.07) is 0. The SMILES string of the molecule is CC(C)(C)OC(=O)N1CCC2(CC1)CNCCS2(=O)=O. The average molecular weight is 304 g/mol. The maximum absolute atomic E-state index is 12.3. The number of ether oxygens (including phenoxy) is 1. The van der Waals surface area contributed by atoms with Gasteiger partial charge in [0, 0.05) is 26.2 Å². The van der Waals surface area contributed by atoms with Crippen molar-refractivity contribution in [2.24, 2.45) is 0 Å². The molecule has 1 N–H and O–H groups in total. The van der Waals surface area contributed by atoms with E-state index in [2.05, 4.69) is 5.32 Å². The Balaban J connectivity index is 2.00. The third kappa shape index (κ3) is 3.09. The Bertz CT molecular complexity index is 473. The predicted molar refractivity (Wildman–Crippen MR) is 76.4 cm³/mol. The lowest BCUT2D eigenvalue weighted by molar-refractivity contribution is 0.0193. The minimum Gasteiger partial charge on any atom is -0.444 e. The fourth-order valence-electron chi connectivity index (χ4n) is 2.76. The summed E-state index contributed by atoms with van der Waals surface area (Å²) in [4.78, 5) is 13.6. The molecule has 0 saturated carbocycles. The minimum absolute atomic E-state index is 0.194. The standard InChI is InChI=1S/C13H24N2O4S/c1-12(2,3)19-11(16)15-7-4-13(5-8-15)10-14-6-9-20(13,17)18/h14H,4-10H2,1-3H3. The Kier molecular flexibility index (Phi) is 4.03. The molecule has 0 bridgehead atoms. The van der Waals surface area contributed by atoms with Crippen molar-refractivity contribution in [3.63, 3.8) is 0 Å². The van der Waals surface area contributed by atoms with Crippen LogP contribution in [0.25, 0.3) is 0 Å². The molecule has 0 radical (unpaired) electrons. The van der Waals surface area contributed by atoms with Crippen molar-refractivity contribution in [2.75, 3.05) is 31.9 Å². The number of nitrogens with one attached hydrogen (secondary N) is 1. The fourth-order valence-corrected chi connectivity index (χ4v) is 4.73. The highest BCUT2D eigenvalue weighted by molar-refractivity contribution is 7.92. The van der Waals surface area contributed by atoms with Crippen molar-refractivity contribution in [1.29, 1.82) is 0 Å². The van der Waals surface area contributed by atoms with Gasteiger partial charge in [0.05, 0.1) is 10.5 Å². The molecule has 2 fully saturated rings. The van der Waals surface area contributed by atoms with Crippen LogP contribution in [0.5, 0.6) is 0 Å². The number of sulfone groups is 1. The number of rotatable bonds is 0. The normalized spacial score (nSPS) is 25.4. The zero-order chi connectivity index (χ0) is 15.0. The Morgan fingerprint density at radius 2 is 1.85 bits per heavy atom. The highest BCUT2D eigenvalue weighted by Crippen LogP contribution is 2.33. The number of likely N-dealkylation sites (tertiary alicyclic amines) is 1. The summed E-state index contributed by atoms with van der Waals surface area (Å²) < 4.78 is 29.2. The predicted octanol–water partition coefficient (Wildman–Crippen LogP) is 0.774. The van der Waals surface area contributed by atoms with Crippen molar-refractivity contribution in [2.45, 2.75) is 44.0 Å². The second-order valence-corrected chi connectivity index (χ2v) is 9.15. The molecule has 6 nitrogen and oxygen atoms in total. The lowest BCUT2D eigenvalue weighted by atomic mass is 9.95. The summed E-state index contributed by atoms with van der Waals surface area (Å²) in [6.07, 6.45) is 0.622. The third-order valence-electron chi connectivity index (χ3n) is 3.98. The summed E-state index contributed by atoms with van der Waals surface area (Å²) in [5.74, 6) is 0.194. The van der Waals surface area contributed by atoms with Crippen LogP contribution < -0.4 is 5.32 Å². The molecular formula is C13H24N2O4S. The fraction of sp³-hybridized carbons (Fsp3) is 0.923. The van der Waals surface area contributed by atoms with E-state index in [4.69, 9.17) is 4.74 Å². The van der Waals surface area contributed by atoms with Crippen LogP contribution in [-0.4, -0.2) is 61.7 Å². The van der Waals surface area contributed by atoms with Crippen molar-refractivity contribution in [3.05, 3.63) is 0 Å². The van der Waals surface area contributed by atoms with Crippen molar-refractivity contribution >= 4 is 15.9 Å². The molecule has 20 heavy (non-hydrogen) atoms. The van der Waals surface area contributed by atoms with E-state index in [1.807, 2.05) is 20.8 Å². The van der Waals surface area contributed by atoms with Crippen LogP contribution in [0.4, 0.5) is 4.79 Å². The number of nitrogens with zero attached hydrogens (tertiary/aromatic N) is 1. The zero-order valence-corrected chi connectivity index (χ0v) is 13.3. The summed E-state index contributed by atoms with van der Waals surface area (Å²) >= 11 is 0. The topological polar surface area (TPSA) is 75.7 Å². The first-order chi connectivity index (χ1) is 9.15. The van der Waals surface area contributed by atoms with Crippen molar-refractivity contribution in [3.8, 4) is 0 Å². The van der Waals surface area contributed by atoms with Gasteiger partial charge in [0.2, 0.25) is 0 Å². The maximum atomic E-state index is 12.3. The Hall–Kier alpha value is -0.820. The van der Waals surface area contributed by atoms with Gasteiger partial charge in [-0.1, -0.05) is 0 Å². The van der Waals surface area contributed by atoms with Crippen LogP contribution >= 0.6 is 0 Å². The van der Waals surface area contributed by atoms with Gasteiger partial charge in [-0.05, 0) is 33.6 Å². The number of carbonyl (C=O) groups excluding carboxylic acids is 1. The Labute approximate surface area is 120 Å². The molecule has 0 atom stereocenters. The second-order valence-electron chi connectivity index (χ2n) is 6.65. The summed E-state index contributed by atoms with van der Waals surface area (Å²) in [7, 11) is -3.07. The third-order valence-corrected chi connectivity index (χ3v) is 6.59. The number of piperidine rings is 1. The van der Waals surface area contributed by atoms with Gasteiger partial charge in [-0.25, -0.2) is 13.2 Å². The van der Waals surface area contributed by atoms with E-state index in [-0.39, 0.29) is 11.8 Å². The molecule has 1 spiro atoms. The molecule has 7 heteroatoms. The van der Waals surface area contributed by atoms with Gasteiger partial charge in [-0.2, -0.15) is 0 Å². The van der Waals surface area contributed by atoms with Crippen LogP contribution in [0, 0.1) is 0 Å². The summed E-state index contributed by atoms with van der Waals surface area (Å²) in [5, 5.41) is 3.17. The van der Waals surface area contributed by atoms with E-state index in [1.165, 1.54) is 0 Å². The molecule has 0 unspecified atom stereocenters. The van der Waals surface area contributed by atoms with E-state index < -0.39 is 20.2 Å². The van der Waals surface area contributed by atoms with E-state index >= 15 is 0 Å². The van der Waals surface area contributed by atoms with Crippen LogP contribution in [-0.2, 0) is 14.6 Å². The molecule has 2 saturated heterocycles. The number of amides is 1. The van der Waals surface area contributed by atoms with Gasteiger partial charge in [0.15, 0.2) is 9.84 Å². The largest absolute Gasteiger partial charge is 0.444 e. The van der Waals surface area contributed by atoms with Gasteiger partial charge in [-0.15, -0.1) is 0 Å². The lowest BCUT2D eigenvalue weighted by Crippen LogP contribution is -2.60. The summed E-state index contributed by atoms with van der Waals surface area (Å²) in [5.41, 5.74) is -0.523. The first-order valence-electron chi connectivity index (χ1n) is 7.06. The smallest absolute Gasteiger partial charge is 0.410 e. The van der Waals surface area contributed by atoms with Gasteiger partial charge in [-0.3, -0.25) is 0 Å². The molecule has 2 rings (SSSR count). The molecule has 0 aromatic rings. The molecule has 2 aliphatic heterocycles.